The first-order chi connectivity index (χ1) is 11.1. The van der Waals surface area contributed by atoms with Crippen molar-refractivity contribution in [2.45, 2.75) is 0 Å². The number of para-hydroxylation sites is 2. The molecular weight excluding hydrogens is 316 g/mol. The Bertz CT molecular complexity index is 817. The molecule has 0 aliphatic carbocycles. The van der Waals surface area contributed by atoms with Gasteiger partial charge in [0.05, 0.1) is 17.8 Å². The Labute approximate surface area is 138 Å². The quantitative estimate of drug-likeness (QED) is 0.693. The van der Waals surface area contributed by atoms with Crippen molar-refractivity contribution in [3.05, 3.63) is 64.8 Å². The molecule has 5 nitrogen and oxygen atoms in total. The normalized spacial score (nSPS) is 15.9. The van der Waals surface area contributed by atoms with Crippen LogP contribution in [-0.4, -0.2) is 19.0 Å². The van der Waals surface area contributed by atoms with Crippen LogP contribution in [0.15, 0.2) is 54.2 Å². The molecule has 116 valence electrons. The molecule has 2 aromatic carbocycles. The molecule has 0 unspecified atom stereocenters. The highest BCUT2D eigenvalue weighted by Crippen LogP contribution is 2.30. The lowest BCUT2D eigenvalue weighted by molar-refractivity contribution is -0.113. The number of hydrogen-bond acceptors (Lipinski definition) is 3. The third kappa shape index (κ3) is 2.78. The molecule has 0 atom stereocenters. The van der Waals surface area contributed by atoms with Crippen LogP contribution in [-0.2, 0) is 4.79 Å². The van der Waals surface area contributed by atoms with Crippen molar-refractivity contribution in [1.82, 2.24) is 5.32 Å². The van der Waals surface area contributed by atoms with Gasteiger partial charge >= 0.3 is 6.03 Å². The Morgan fingerprint density at radius 2 is 1.78 bits per heavy atom. The van der Waals surface area contributed by atoms with Gasteiger partial charge in [-0.15, -0.1) is 0 Å². The minimum absolute atomic E-state index is 0.166. The number of anilines is 1. The molecule has 3 rings (SSSR count). The average molecular weight is 329 g/mol. The number of ether oxygens (including phenoxy) is 1. The third-order valence-corrected chi connectivity index (χ3v) is 3.73. The van der Waals surface area contributed by atoms with Gasteiger partial charge in [-0.25, -0.2) is 9.69 Å². The van der Waals surface area contributed by atoms with Crippen LogP contribution in [0.4, 0.5) is 10.5 Å². The Morgan fingerprint density at radius 1 is 1.09 bits per heavy atom. The van der Waals surface area contributed by atoms with Crippen LogP contribution in [0.3, 0.4) is 0 Å². The van der Waals surface area contributed by atoms with Gasteiger partial charge in [0.25, 0.3) is 5.91 Å². The van der Waals surface area contributed by atoms with Gasteiger partial charge in [0.15, 0.2) is 0 Å². The molecule has 1 N–H and O–H groups in total. The summed E-state index contributed by atoms with van der Waals surface area (Å²) >= 11 is 6.08. The van der Waals surface area contributed by atoms with E-state index >= 15 is 0 Å². The molecule has 1 saturated heterocycles. The molecule has 23 heavy (non-hydrogen) atoms. The smallest absolute Gasteiger partial charge is 0.333 e. The van der Waals surface area contributed by atoms with E-state index in [-0.39, 0.29) is 5.70 Å². The van der Waals surface area contributed by atoms with Crippen LogP contribution in [0.25, 0.3) is 6.08 Å². The number of carbonyl (C=O) groups is 2. The summed E-state index contributed by atoms with van der Waals surface area (Å²) in [4.78, 5) is 25.7. The molecule has 0 bridgehead atoms. The van der Waals surface area contributed by atoms with Crippen LogP contribution in [0.1, 0.15) is 5.56 Å². The first-order valence-corrected chi connectivity index (χ1v) is 7.24. The van der Waals surface area contributed by atoms with Gasteiger partial charge in [0, 0.05) is 5.56 Å². The highest BCUT2D eigenvalue weighted by atomic mass is 35.5. The number of nitrogens with one attached hydrogen (secondary N) is 1. The number of urea groups is 1. The van der Waals surface area contributed by atoms with E-state index in [1.807, 2.05) is 12.1 Å². The summed E-state index contributed by atoms with van der Waals surface area (Å²) < 4.78 is 5.24. The topological polar surface area (TPSA) is 58.6 Å². The zero-order valence-electron chi connectivity index (χ0n) is 12.2. The minimum Gasteiger partial charge on any atom is -0.496 e. The predicted octanol–water partition coefficient (Wildman–Crippen LogP) is 3.45. The van der Waals surface area contributed by atoms with Crippen molar-refractivity contribution in [2.75, 3.05) is 12.0 Å². The first-order valence-electron chi connectivity index (χ1n) is 6.86. The second-order valence-electron chi connectivity index (χ2n) is 4.82. The van der Waals surface area contributed by atoms with Crippen molar-refractivity contribution in [1.29, 1.82) is 0 Å². The van der Waals surface area contributed by atoms with Crippen molar-refractivity contribution in [2.24, 2.45) is 0 Å². The van der Waals surface area contributed by atoms with E-state index in [0.717, 1.165) is 4.90 Å². The van der Waals surface area contributed by atoms with Gasteiger partial charge in [-0.1, -0.05) is 41.9 Å². The standard InChI is InChI=1S/C17H13ClN2O3/c1-23-15-9-5-2-6-11(15)10-13-16(21)20(17(22)19-13)14-8-4-3-7-12(14)18/h2-10H,1H3,(H,19,22)/b13-10-. The molecule has 2 aromatic rings. The molecule has 1 heterocycles. The Hall–Kier alpha value is -2.79. The Morgan fingerprint density at radius 3 is 2.52 bits per heavy atom. The number of amides is 3. The van der Waals surface area contributed by atoms with Gasteiger partial charge in [0.1, 0.15) is 11.4 Å². The summed E-state index contributed by atoms with van der Waals surface area (Å²) in [7, 11) is 1.54. The number of hydrogen-bond donors (Lipinski definition) is 1. The zero-order valence-corrected chi connectivity index (χ0v) is 13.0. The van der Waals surface area contributed by atoms with Gasteiger partial charge < -0.3 is 10.1 Å². The van der Waals surface area contributed by atoms with Crippen LogP contribution in [0.2, 0.25) is 5.02 Å². The molecule has 6 heteroatoms. The number of nitrogens with zero attached hydrogens (tertiary/aromatic N) is 1. The molecule has 3 amide bonds. The van der Waals surface area contributed by atoms with Crippen LogP contribution < -0.4 is 15.0 Å². The van der Waals surface area contributed by atoms with E-state index in [2.05, 4.69) is 5.32 Å². The largest absolute Gasteiger partial charge is 0.496 e. The van der Waals surface area contributed by atoms with E-state index < -0.39 is 11.9 Å². The summed E-state index contributed by atoms with van der Waals surface area (Å²) in [6.45, 7) is 0. The highest BCUT2D eigenvalue weighted by Gasteiger charge is 2.35. The van der Waals surface area contributed by atoms with Crippen LogP contribution in [0, 0.1) is 0 Å². The van der Waals surface area contributed by atoms with Gasteiger partial charge in [-0.3, -0.25) is 4.79 Å². The molecule has 1 aliphatic heterocycles. The number of halogens is 1. The maximum Gasteiger partial charge on any atom is 0.333 e. The number of methoxy groups -OCH3 is 1. The van der Waals surface area contributed by atoms with E-state index in [4.69, 9.17) is 16.3 Å². The zero-order chi connectivity index (χ0) is 16.4. The number of rotatable bonds is 3. The lowest BCUT2D eigenvalue weighted by Crippen LogP contribution is -2.30. The monoisotopic (exact) mass is 328 g/mol. The SMILES string of the molecule is COc1ccccc1/C=C1\NC(=O)N(c2ccccc2Cl)C1=O. The van der Waals surface area contributed by atoms with Gasteiger partial charge in [0.2, 0.25) is 0 Å². The fraction of sp³-hybridized carbons (Fsp3) is 0.0588. The minimum atomic E-state index is -0.538. The van der Waals surface area contributed by atoms with E-state index in [9.17, 15) is 9.59 Å². The fourth-order valence-electron chi connectivity index (χ4n) is 2.33. The van der Waals surface area contributed by atoms with Crippen LogP contribution >= 0.6 is 11.6 Å². The summed E-state index contributed by atoms with van der Waals surface area (Å²) in [6, 6.07) is 13.4. The Kier molecular flexibility index (Phi) is 4.04. The lowest BCUT2D eigenvalue weighted by atomic mass is 10.1. The molecule has 1 aliphatic rings. The van der Waals surface area contributed by atoms with Crippen molar-refractivity contribution in [3.8, 4) is 5.75 Å². The summed E-state index contributed by atoms with van der Waals surface area (Å²) in [6.07, 6.45) is 1.58. The first kappa shape index (κ1) is 15.1. The average Bonchev–Trinajstić information content (AvgIpc) is 2.83. The second-order valence-corrected chi connectivity index (χ2v) is 5.23. The maximum absolute atomic E-state index is 12.5. The van der Waals surface area contributed by atoms with E-state index in [0.29, 0.717) is 22.0 Å². The third-order valence-electron chi connectivity index (χ3n) is 3.41. The van der Waals surface area contributed by atoms with Crippen molar-refractivity contribution >= 4 is 35.3 Å². The van der Waals surface area contributed by atoms with Gasteiger partial charge in [-0.05, 0) is 24.3 Å². The molecule has 0 spiro atoms. The van der Waals surface area contributed by atoms with E-state index in [1.165, 1.54) is 0 Å². The van der Waals surface area contributed by atoms with Gasteiger partial charge in [-0.2, -0.15) is 0 Å². The Balaban J connectivity index is 1.99. The molecular formula is C17H13ClN2O3. The van der Waals surface area contributed by atoms with E-state index in [1.54, 1.807) is 49.6 Å². The maximum atomic E-state index is 12.5. The van der Waals surface area contributed by atoms with Crippen molar-refractivity contribution < 1.29 is 14.3 Å². The fourth-order valence-corrected chi connectivity index (χ4v) is 2.55. The number of carbonyl (C=O) groups excluding carboxylic acids is 2. The highest BCUT2D eigenvalue weighted by molar-refractivity contribution is 6.37. The predicted molar refractivity (Wildman–Crippen MR) is 88.4 cm³/mol. The molecule has 0 radical (unpaired) electrons. The second kappa shape index (κ2) is 6.14. The molecule has 0 aromatic heterocycles. The van der Waals surface area contributed by atoms with Crippen molar-refractivity contribution in [3.63, 3.8) is 0 Å². The number of benzene rings is 2. The lowest BCUT2D eigenvalue weighted by Gasteiger charge is -2.13. The molecule has 0 saturated carbocycles. The molecule has 1 fully saturated rings. The number of imide groups is 1. The summed E-state index contributed by atoms with van der Waals surface area (Å²) in [5.41, 5.74) is 1.21. The summed E-state index contributed by atoms with van der Waals surface area (Å²) in [5, 5.41) is 2.89. The van der Waals surface area contributed by atoms with Crippen LogP contribution in [0.5, 0.6) is 5.75 Å². The summed E-state index contributed by atoms with van der Waals surface area (Å²) in [5.74, 6) is 0.146.